The van der Waals surface area contributed by atoms with Crippen molar-refractivity contribution in [3.8, 4) is 0 Å². The number of carbonyl (C=O) groups is 2. The van der Waals surface area contributed by atoms with E-state index in [9.17, 15) is 9.59 Å². The van der Waals surface area contributed by atoms with Crippen molar-refractivity contribution in [2.45, 2.75) is 13.8 Å². The minimum absolute atomic E-state index is 0.0918. The van der Waals surface area contributed by atoms with Gasteiger partial charge in [0.1, 0.15) is 10.8 Å². The molecule has 0 fully saturated rings. The second-order valence-corrected chi connectivity index (χ2v) is 5.03. The summed E-state index contributed by atoms with van der Waals surface area (Å²) in [6, 6.07) is 4.74. The van der Waals surface area contributed by atoms with Gasteiger partial charge in [0.2, 0.25) is 0 Å². The van der Waals surface area contributed by atoms with Crippen molar-refractivity contribution in [2.75, 3.05) is 5.32 Å². The highest BCUT2D eigenvalue weighted by Gasteiger charge is 2.18. The molecule has 6 heteroatoms. The number of hydrogen-bond acceptors (Lipinski definition) is 4. The Bertz CT molecular complexity index is 611. The maximum atomic E-state index is 11.8. The van der Waals surface area contributed by atoms with Gasteiger partial charge < -0.3 is 14.8 Å². The molecule has 94 valence electrons. The number of aryl methyl sites for hydroxylation is 2. The number of aromatic carboxylic acids is 1. The van der Waals surface area contributed by atoms with Crippen LogP contribution in [0.25, 0.3) is 0 Å². The van der Waals surface area contributed by atoms with Gasteiger partial charge in [-0.15, -0.1) is 11.3 Å². The van der Waals surface area contributed by atoms with Gasteiger partial charge in [-0.1, -0.05) is 0 Å². The van der Waals surface area contributed by atoms with Gasteiger partial charge in [0, 0.05) is 4.88 Å². The second-order valence-electron chi connectivity index (χ2n) is 3.77. The summed E-state index contributed by atoms with van der Waals surface area (Å²) < 4.78 is 5.17. The topological polar surface area (TPSA) is 79.5 Å². The molecular formula is C12H11NO4S. The number of carboxylic acid groups (broad SMARTS) is 1. The Morgan fingerprint density at radius 2 is 2.06 bits per heavy atom. The fraction of sp³-hybridized carbons (Fsp3) is 0.167. The maximum Gasteiger partial charge on any atom is 0.338 e. The Morgan fingerprint density at radius 3 is 2.61 bits per heavy atom. The van der Waals surface area contributed by atoms with Crippen LogP contribution in [-0.4, -0.2) is 17.0 Å². The van der Waals surface area contributed by atoms with E-state index < -0.39 is 11.9 Å². The summed E-state index contributed by atoms with van der Waals surface area (Å²) in [7, 11) is 0. The highest BCUT2D eigenvalue weighted by atomic mass is 32.1. The van der Waals surface area contributed by atoms with Crippen LogP contribution >= 0.6 is 11.3 Å². The summed E-state index contributed by atoms with van der Waals surface area (Å²) >= 11 is 1.22. The summed E-state index contributed by atoms with van der Waals surface area (Å²) in [5.74, 6) is -0.728. The summed E-state index contributed by atoms with van der Waals surface area (Å²) in [5.41, 5.74) is 0.0918. The molecule has 0 aliphatic carbocycles. The molecule has 0 atom stereocenters. The first-order valence-electron chi connectivity index (χ1n) is 5.19. The van der Waals surface area contributed by atoms with E-state index in [-0.39, 0.29) is 11.3 Å². The number of carbonyl (C=O) groups excluding carboxylic acids is 1. The van der Waals surface area contributed by atoms with Crippen molar-refractivity contribution in [1.29, 1.82) is 0 Å². The van der Waals surface area contributed by atoms with Crippen LogP contribution in [0.2, 0.25) is 0 Å². The predicted molar refractivity (Wildman–Crippen MR) is 67.4 cm³/mol. The fourth-order valence-electron chi connectivity index (χ4n) is 1.49. The normalized spacial score (nSPS) is 10.3. The number of furan rings is 1. The number of anilines is 1. The Labute approximate surface area is 107 Å². The van der Waals surface area contributed by atoms with Crippen LogP contribution in [0, 0.1) is 13.8 Å². The standard InChI is InChI=1S/C12H11NO4S/c1-6-3-4-9(17-6)10(14)13-11-8(12(15)16)5-7(2)18-11/h3-5H,1-2H3,(H,13,14)(H,15,16). The lowest BCUT2D eigenvalue weighted by atomic mass is 10.3. The smallest absolute Gasteiger partial charge is 0.338 e. The highest BCUT2D eigenvalue weighted by molar-refractivity contribution is 7.16. The molecule has 0 aromatic carbocycles. The van der Waals surface area contributed by atoms with Crippen LogP contribution in [-0.2, 0) is 0 Å². The zero-order valence-electron chi connectivity index (χ0n) is 9.81. The lowest BCUT2D eigenvalue weighted by molar-refractivity contribution is 0.0698. The molecule has 0 saturated heterocycles. The Balaban J connectivity index is 2.24. The maximum absolute atomic E-state index is 11.8. The van der Waals surface area contributed by atoms with Crippen molar-refractivity contribution in [3.63, 3.8) is 0 Å². The van der Waals surface area contributed by atoms with E-state index in [0.717, 1.165) is 4.88 Å². The number of rotatable bonds is 3. The summed E-state index contributed by atoms with van der Waals surface area (Å²) in [6.45, 7) is 3.51. The van der Waals surface area contributed by atoms with E-state index in [4.69, 9.17) is 9.52 Å². The zero-order chi connectivity index (χ0) is 13.3. The van der Waals surface area contributed by atoms with Crippen LogP contribution in [0.4, 0.5) is 5.00 Å². The quantitative estimate of drug-likeness (QED) is 0.894. The van der Waals surface area contributed by atoms with Crippen LogP contribution < -0.4 is 5.32 Å². The summed E-state index contributed by atoms with van der Waals surface area (Å²) in [6.07, 6.45) is 0. The molecule has 0 radical (unpaired) electrons. The van der Waals surface area contributed by atoms with Crippen molar-refractivity contribution in [2.24, 2.45) is 0 Å². The van der Waals surface area contributed by atoms with Crippen LogP contribution in [0.3, 0.4) is 0 Å². The lowest BCUT2D eigenvalue weighted by Gasteiger charge is -2.01. The number of carboxylic acids is 1. The highest BCUT2D eigenvalue weighted by Crippen LogP contribution is 2.28. The number of nitrogens with one attached hydrogen (secondary N) is 1. The molecule has 0 aliphatic heterocycles. The predicted octanol–water partition coefficient (Wildman–Crippen LogP) is 2.91. The third-order valence-electron chi connectivity index (χ3n) is 2.28. The average molecular weight is 265 g/mol. The Kier molecular flexibility index (Phi) is 3.20. The molecule has 18 heavy (non-hydrogen) atoms. The zero-order valence-corrected chi connectivity index (χ0v) is 10.6. The van der Waals surface area contributed by atoms with E-state index in [1.165, 1.54) is 17.4 Å². The van der Waals surface area contributed by atoms with Crippen molar-refractivity contribution < 1.29 is 19.1 Å². The largest absolute Gasteiger partial charge is 0.478 e. The number of thiophene rings is 1. The van der Waals surface area contributed by atoms with Gasteiger partial charge in [-0.3, -0.25) is 4.79 Å². The van der Waals surface area contributed by atoms with E-state index in [0.29, 0.717) is 10.8 Å². The summed E-state index contributed by atoms with van der Waals surface area (Å²) in [4.78, 5) is 23.6. The minimum atomic E-state index is -1.06. The van der Waals surface area contributed by atoms with Gasteiger partial charge in [-0.2, -0.15) is 0 Å². The monoisotopic (exact) mass is 265 g/mol. The molecule has 0 aliphatic rings. The van der Waals surface area contributed by atoms with Gasteiger partial charge in [0.25, 0.3) is 5.91 Å². The third-order valence-corrected chi connectivity index (χ3v) is 3.24. The molecule has 2 aromatic rings. The first-order valence-corrected chi connectivity index (χ1v) is 6.00. The summed E-state index contributed by atoms with van der Waals surface area (Å²) in [5, 5.41) is 11.9. The molecule has 2 rings (SSSR count). The first-order chi connectivity index (χ1) is 8.47. The molecule has 2 aromatic heterocycles. The minimum Gasteiger partial charge on any atom is -0.478 e. The fourth-order valence-corrected chi connectivity index (χ4v) is 2.39. The van der Waals surface area contributed by atoms with Crippen molar-refractivity contribution in [3.05, 3.63) is 40.2 Å². The molecule has 0 saturated carbocycles. The van der Waals surface area contributed by atoms with E-state index in [1.807, 2.05) is 0 Å². The first kappa shape index (κ1) is 12.4. The van der Waals surface area contributed by atoms with Crippen molar-refractivity contribution in [1.82, 2.24) is 0 Å². The third kappa shape index (κ3) is 2.43. The molecule has 1 amide bonds. The van der Waals surface area contributed by atoms with Crippen LogP contribution in [0.15, 0.2) is 22.6 Å². The van der Waals surface area contributed by atoms with Gasteiger partial charge >= 0.3 is 5.97 Å². The number of amides is 1. The lowest BCUT2D eigenvalue weighted by Crippen LogP contribution is -2.12. The van der Waals surface area contributed by atoms with Gasteiger partial charge in [0.05, 0.1) is 5.56 Å². The Hall–Kier alpha value is -2.08. The van der Waals surface area contributed by atoms with Crippen LogP contribution in [0.1, 0.15) is 31.6 Å². The SMILES string of the molecule is Cc1ccc(C(=O)Nc2sc(C)cc2C(=O)O)o1. The molecule has 0 unspecified atom stereocenters. The average Bonchev–Trinajstić information content (AvgIpc) is 2.85. The van der Waals surface area contributed by atoms with E-state index in [1.54, 1.807) is 26.0 Å². The molecule has 0 spiro atoms. The van der Waals surface area contributed by atoms with Gasteiger partial charge in [-0.05, 0) is 32.0 Å². The molecule has 0 bridgehead atoms. The van der Waals surface area contributed by atoms with Crippen LogP contribution in [0.5, 0.6) is 0 Å². The Morgan fingerprint density at radius 1 is 1.33 bits per heavy atom. The van der Waals surface area contributed by atoms with Gasteiger partial charge in [0.15, 0.2) is 5.76 Å². The van der Waals surface area contributed by atoms with E-state index >= 15 is 0 Å². The molecular weight excluding hydrogens is 254 g/mol. The van der Waals surface area contributed by atoms with E-state index in [2.05, 4.69) is 5.32 Å². The molecule has 2 N–H and O–H groups in total. The molecule has 2 heterocycles. The second kappa shape index (κ2) is 4.66. The van der Waals surface area contributed by atoms with Gasteiger partial charge in [-0.25, -0.2) is 4.79 Å². The number of hydrogen-bond donors (Lipinski definition) is 2. The molecule has 5 nitrogen and oxygen atoms in total. The van der Waals surface area contributed by atoms with Crippen molar-refractivity contribution >= 4 is 28.2 Å².